The highest BCUT2D eigenvalue weighted by atomic mass is 16.5. The Morgan fingerprint density at radius 2 is 1.33 bits per heavy atom. The zero-order chi connectivity index (χ0) is 17.0. The number of aliphatic carboxylic acids is 2. The average molecular weight is 313 g/mol. The lowest BCUT2D eigenvalue weighted by molar-refractivity contribution is -0.134. The maximum atomic E-state index is 9.55. The topological polar surface area (TPSA) is 188 Å². The van der Waals surface area contributed by atoms with Gasteiger partial charge in [-0.3, -0.25) is 0 Å². The summed E-state index contributed by atoms with van der Waals surface area (Å²) in [6.45, 7) is -0.569. The summed E-state index contributed by atoms with van der Waals surface area (Å²) in [5.41, 5.74) is 0. The second kappa shape index (κ2) is 12.2. The largest absolute Gasteiger partial charge is 0.478 e. The number of carbonyl (C=O) groups is 2. The van der Waals surface area contributed by atoms with E-state index in [-0.39, 0.29) is 6.54 Å². The van der Waals surface area contributed by atoms with Crippen LogP contribution in [0.15, 0.2) is 12.2 Å². The van der Waals surface area contributed by atoms with E-state index in [1.807, 2.05) is 0 Å². The minimum absolute atomic E-state index is 0.0936. The number of likely N-dealkylation sites (N-methyl/N-ethyl adjacent to an activating group) is 1. The lowest BCUT2D eigenvalue weighted by Gasteiger charge is -2.25. The van der Waals surface area contributed by atoms with Gasteiger partial charge in [-0.05, 0) is 7.05 Å². The number of hydrogen-bond donors (Lipinski definition) is 8. The Bertz CT molecular complexity index is 318. The number of aliphatic hydroxyl groups is 5. The normalized spacial score (nSPS) is 16.5. The first-order valence-corrected chi connectivity index (χ1v) is 5.79. The predicted octanol–water partition coefficient (Wildman–Crippen LogP) is -3.65. The molecule has 0 saturated carbocycles. The van der Waals surface area contributed by atoms with Crippen LogP contribution in [-0.2, 0) is 9.59 Å². The van der Waals surface area contributed by atoms with E-state index in [1.165, 1.54) is 0 Å². The van der Waals surface area contributed by atoms with Crippen LogP contribution >= 0.6 is 0 Å². The zero-order valence-corrected chi connectivity index (χ0v) is 11.3. The summed E-state index contributed by atoms with van der Waals surface area (Å²) in [7, 11) is 1.57. The van der Waals surface area contributed by atoms with E-state index in [4.69, 9.17) is 30.6 Å². The molecule has 0 heterocycles. The van der Waals surface area contributed by atoms with Crippen LogP contribution in [0.1, 0.15) is 0 Å². The molecule has 0 unspecified atom stereocenters. The SMILES string of the molecule is CNC[C@H](O)[C@@H](O)[C@H](O)[C@H](O)CO.O=C(O)/C=[13CH]/[13C](=O)O. The molecule has 21 heavy (non-hydrogen) atoms. The predicted molar refractivity (Wildman–Crippen MR) is 69.5 cm³/mol. The third kappa shape index (κ3) is 11.9. The highest BCUT2D eigenvalue weighted by Crippen LogP contribution is 2.04. The zero-order valence-electron chi connectivity index (χ0n) is 11.3. The molecule has 0 rings (SSSR count). The second-order valence-electron chi connectivity index (χ2n) is 3.87. The van der Waals surface area contributed by atoms with Crippen molar-refractivity contribution < 1.29 is 45.3 Å². The van der Waals surface area contributed by atoms with Gasteiger partial charge in [0.1, 0.15) is 18.3 Å². The van der Waals surface area contributed by atoms with Gasteiger partial charge in [-0.2, -0.15) is 0 Å². The fourth-order valence-electron chi connectivity index (χ4n) is 1.04. The van der Waals surface area contributed by atoms with Crippen molar-refractivity contribution in [2.75, 3.05) is 20.2 Å². The molecule has 0 radical (unpaired) electrons. The highest BCUT2D eigenvalue weighted by Gasteiger charge is 2.29. The molecular formula is C11H21NO9. The van der Waals surface area contributed by atoms with Crippen molar-refractivity contribution in [3.63, 3.8) is 0 Å². The van der Waals surface area contributed by atoms with E-state index in [0.717, 1.165) is 0 Å². The molecule has 0 aliphatic carbocycles. The Balaban J connectivity index is 0. The summed E-state index contributed by atoms with van der Waals surface area (Å²) in [5, 5.41) is 63.1. The molecule has 124 valence electrons. The van der Waals surface area contributed by atoms with Crippen molar-refractivity contribution >= 4 is 11.9 Å². The molecular weight excluding hydrogens is 292 g/mol. The summed E-state index contributed by atoms with van der Waals surface area (Å²) in [6, 6.07) is 0. The lowest BCUT2D eigenvalue weighted by Crippen LogP contribution is -2.48. The molecule has 8 N–H and O–H groups in total. The van der Waals surface area contributed by atoms with Crippen molar-refractivity contribution in [1.29, 1.82) is 0 Å². The number of aliphatic hydroxyl groups excluding tert-OH is 5. The first kappa shape index (κ1) is 21.7. The van der Waals surface area contributed by atoms with Crippen LogP contribution in [0.5, 0.6) is 0 Å². The number of carboxylic acids is 2. The number of nitrogens with one attached hydrogen (secondary N) is 1. The average Bonchev–Trinajstić information content (AvgIpc) is 2.43. The van der Waals surface area contributed by atoms with E-state index in [2.05, 4.69) is 5.32 Å². The Morgan fingerprint density at radius 3 is 1.62 bits per heavy atom. The lowest BCUT2D eigenvalue weighted by atomic mass is 10.0. The van der Waals surface area contributed by atoms with Crippen molar-refractivity contribution in [1.82, 2.24) is 5.32 Å². The van der Waals surface area contributed by atoms with Gasteiger partial charge in [-0.25, -0.2) is 9.59 Å². The van der Waals surface area contributed by atoms with Crippen LogP contribution in [-0.4, -0.2) is 92.3 Å². The third-order valence-electron chi connectivity index (χ3n) is 2.11. The molecule has 0 aliphatic heterocycles. The van der Waals surface area contributed by atoms with Crippen LogP contribution in [0.2, 0.25) is 0 Å². The fourth-order valence-corrected chi connectivity index (χ4v) is 1.04. The Morgan fingerprint density at radius 1 is 0.952 bits per heavy atom. The van der Waals surface area contributed by atoms with E-state index in [0.29, 0.717) is 12.2 Å². The van der Waals surface area contributed by atoms with Gasteiger partial charge in [0.2, 0.25) is 0 Å². The molecule has 0 aromatic heterocycles. The number of carboxylic acid groups (broad SMARTS) is 2. The quantitative estimate of drug-likeness (QED) is 0.164. The van der Waals surface area contributed by atoms with Crippen LogP contribution in [0, 0.1) is 0 Å². The molecule has 0 aliphatic rings. The fraction of sp³-hybridized carbons (Fsp3) is 0.636. The van der Waals surface area contributed by atoms with Gasteiger partial charge in [0.15, 0.2) is 0 Å². The molecule has 0 saturated heterocycles. The molecule has 10 heteroatoms. The monoisotopic (exact) mass is 313 g/mol. The first-order chi connectivity index (χ1) is 9.67. The number of hydrogen-bond acceptors (Lipinski definition) is 8. The molecule has 0 bridgehead atoms. The summed E-state index contributed by atoms with van der Waals surface area (Å²) in [6.07, 6.45) is -4.53. The van der Waals surface area contributed by atoms with Gasteiger partial charge in [0, 0.05) is 18.7 Å². The van der Waals surface area contributed by atoms with Crippen LogP contribution in [0.25, 0.3) is 0 Å². The van der Waals surface area contributed by atoms with Crippen LogP contribution in [0.4, 0.5) is 0 Å². The van der Waals surface area contributed by atoms with E-state index in [9.17, 15) is 14.7 Å². The van der Waals surface area contributed by atoms with Gasteiger partial charge in [-0.15, -0.1) is 0 Å². The molecule has 0 amide bonds. The summed E-state index contributed by atoms with van der Waals surface area (Å²) in [4.78, 5) is 19.1. The van der Waals surface area contributed by atoms with Gasteiger partial charge < -0.3 is 41.1 Å². The first-order valence-electron chi connectivity index (χ1n) is 5.79. The molecule has 10 nitrogen and oxygen atoms in total. The van der Waals surface area contributed by atoms with Gasteiger partial charge in [0.05, 0.1) is 12.7 Å². The minimum atomic E-state index is -1.55. The molecule has 4 atom stereocenters. The smallest absolute Gasteiger partial charge is 0.328 e. The standard InChI is InChI=1S/C7H17NO5.C4H4O4/c1-8-2-4(10)6(12)7(13)5(11)3-9;5-3(6)1-2-4(7)8/h4-13H,2-3H2,1H3;1-2H,(H,5,6)(H,7,8)/b;2-1+/t4-,5+,6+,7+;/m0./s1/i;1+1,3+1. The summed E-state index contributed by atoms with van der Waals surface area (Å²) in [5.74, 6) is -2.51. The summed E-state index contributed by atoms with van der Waals surface area (Å²) < 4.78 is 0. The van der Waals surface area contributed by atoms with Crippen LogP contribution in [0.3, 0.4) is 0 Å². The van der Waals surface area contributed by atoms with Crippen LogP contribution < -0.4 is 5.32 Å². The molecule has 0 spiro atoms. The number of rotatable bonds is 8. The third-order valence-corrected chi connectivity index (χ3v) is 2.11. The van der Waals surface area contributed by atoms with Gasteiger partial charge in [0.25, 0.3) is 0 Å². The van der Waals surface area contributed by atoms with Crippen molar-refractivity contribution in [2.24, 2.45) is 0 Å². The summed E-state index contributed by atoms with van der Waals surface area (Å²) >= 11 is 0. The van der Waals surface area contributed by atoms with Gasteiger partial charge in [-0.1, -0.05) is 0 Å². The van der Waals surface area contributed by atoms with Crippen molar-refractivity contribution in [3.8, 4) is 0 Å². The molecule has 0 aromatic rings. The Hall–Kier alpha value is -1.56. The minimum Gasteiger partial charge on any atom is -0.478 e. The molecule has 0 fully saturated rings. The Kier molecular flexibility index (Phi) is 12.6. The maximum Gasteiger partial charge on any atom is 0.328 e. The maximum absolute atomic E-state index is 9.55. The van der Waals surface area contributed by atoms with E-state index < -0.39 is 43.0 Å². The highest BCUT2D eigenvalue weighted by molar-refractivity contribution is 5.89. The Labute approximate surface area is 120 Å². The van der Waals surface area contributed by atoms with Gasteiger partial charge >= 0.3 is 11.9 Å². The molecule has 0 aromatic carbocycles. The van der Waals surface area contributed by atoms with E-state index in [1.54, 1.807) is 7.05 Å². The second-order valence-corrected chi connectivity index (χ2v) is 3.87. The van der Waals surface area contributed by atoms with E-state index >= 15 is 0 Å². The van der Waals surface area contributed by atoms with Crippen molar-refractivity contribution in [2.45, 2.75) is 24.4 Å². The van der Waals surface area contributed by atoms with Crippen molar-refractivity contribution in [3.05, 3.63) is 12.2 Å².